The maximum Gasteiger partial charge on any atom is 0.312 e. The van der Waals surface area contributed by atoms with Gasteiger partial charge in [0.15, 0.2) is 0 Å². The van der Waals surface area contributed by atoms with Gasteiger partial charge in [0.1, 0.15) is 11.6 Å². The molecule has 0 aromatic rings. The van der Waals surface area contributed by atoms with Crippen LogP contribution in [-0.4, -0.2) is 75.7 Å². The third-order valence-corrected chi connectivity index (χ3v) is 7.68. The number of nitrogens with zero attached hydrogens (tertiary/aromatic N) is 1. The third kappa shape index (κ3) is 4.96. The Morgan fingerprint density at radius 2 is 1.94 bits per heavy atom. The van der Waals surface area contributed by atoms with Crippen LogP contribution in [0.1, 0.15) is 67.2 Å². The normalized spacial score (nSPS) is 33.4. The fourth-order valence-electron chi connectivity index (χ4n) is 6.34. The van der Waals surface area contributed by atoms with Crippen LogP contribution in [0.15, 0.2) is 0 Å². The minimum absolute atomic E-state index is 0.00216. The van der Waals surface area contributed by atoms with Gasteiger partial charge in [-0.1, -0.05) is 36.7 Å². The van der Waals surface area contributed by atoms with E-state index in [-0.39, 0.29) is 35.3 Å². The third-order valence-electron chi connectivity index (χ3n) is 6.84. The lowest BCUT2D eigenvalue weighted by Crippen LogP contribution is -2.59. The molecule has 6 atom stereocenters. The van der Waals surface area contributed by atoms with Crippen LogP contribution in [-0.2, 0) is 23.9 Å². The molecule has 3 aliphatic heterocycles. The highest BCUT2D eigenvalue weighted by molar-refractivity contribution is 9.09. The second-order valence-electron chi connectivity index (χ2n) is 11.5. The molecule has 9 heteroatoms. The number of esters is 1. The summed E-state index contributed by atoms with van der Waals surface area (Å²) in [5.41, 5.74) is -1.56. The molecule has 8 nitrogen and oxygen atoms in total. The first-order valence-electron chi connectivity index (χ1n) is 12.0. The molecule has 3 fully saturated rings. The number of carbonyl (C=O) groups excluding carboxylic acids is 3. The molecular formula is C24H39BrN2O6. The van der Waals surface area contributed by atoms with E-state index in [1.54, 1.807) is 11.8 Å². The van der Waals surface area contributed by atoms with Crippen molar-refractivity contribution in [2.75, 3.05) is 19.8 Å². The van der Waals surface area contributed by atoms with Crippen LogP contribution < -0.4 is 5.32 Å². The maximum absolute atomic E-state index is 13.8. The van der Waals surface area contributed by atoms with Gasteiger partial charge in [-0.05, 0) is 51.9 Å². The van der Waals surface area contributed by atoms with Gasteiger partial charge in [-0.2, -0.15) is 0 Å². The van der Waals surface area contributed by atoms with E-state index in [1.165, 1.54) is 0 Å². The molecule has 3 heterocycles. The van der Waals surface area contributed by atoms with Crippen molar-refractivity contribution < 1.29 is 29.0 Å². The van der Waals surface area contributed by atoms with Crippen molar-refractivity contribution in [1.82, 2.24) is 10.2 Å². The lowest BCUT2D eigenvalue weighted by molar-refractivity contribution is -0.154. The van der Waals surface area contributed by atoms with E-state index in [2.05, 4.69) is 42.0 Å². The van der Waals surface area contributed by atoms with Crippen molar-refractivity contribution in [3.05, 3.63) is 0 Å². The summed E-state index contributed by atoms with van der Waals surface area (Å²) in [4.78, 5) is 41.8. The Kier molecular flexibility index (Phi) is 7.57. The Morgan fingerprint density at radius 3 is 2.52 bits per heavy atom. The number of fused-ring (bicyclic) bond motifs is 1. The first-order valence-corrected chi connectivity index (χ1v) is 12.9. The smallest absolute Gasteiger partial charge is 0.312 e. The van der Waals surface area contributed by atoms with Crippen molar-refractivity contribution in [1.29, 1.82) is 0 Å². The van der Waals surface area contributed by atoms with Crippen molar-refractivity contribution in [2.45, 2.75) is 95.3 Å². The fourth-order valence-corrected chi connectivity index (χ4v) is 7.29. The van der Waals surface area contributed by atoms with Crippen molar-refractivity contribution in [2.24, 2.45) is 17.3 Å². The molecule has 33 heavy (non-hydrogen) atoms. The van der Waals surface area contributed by atoms with Gasteiger partial charge in [0.05, 0.1) is 24.5 Å². The SMILES string of the molecule is CCOC(=O)[C@H]1[C@@H]2O[C@@]3(CC2Br)[C@@H]1C(=O)N(CCCCO)[C@@H]3C(=O)NC(C)(C)CC(C)(C)C. The van der Waals surface area contributed by atoms with E-state index >= 15 is 0 Å². The van der Waals surface area contributed by atoms with Gasteiger partial charge in [0, 0.05) is 23.5 Å². The maximum atomic E-state index is 13.8. The number of hydrogen-bond donors (Lipinski definition) is 2. The molecule has 0 aromatic carbocycles. The van der Waals surface area contributed by atoms with E-state index in [4.69, 9.17) is 9.47 Å². The molecule has 2 bridgehead atoms. The Morgan fingerprint density at radius 1 is 1.27 bits per heavy atom. The Bertz CT molecular complexity index is 781. The Hall–Kier alpha value is -1.19. The molecule has 0 aromatic heterocycles. The van der Waals surface area contributed by atoms with Crippen LogP contribution >= 0.6 is 15.9 Å². The van der Waals surface area contributed by atoms with E-state index < -0.39 is 41.1 Å². The molecule has 3 aliphatic rings. The minimum atomic E-state index is -1.07. The van der Waals surface area contributed by atoms with Crippen LogP contribution in [0, 0.1) is 17.3 Å². The molecule has 2 amide bonds. The highest BCUT2D eigenvalue weighted by Crippen LogP contribution is 2.60. The number of likely N-dealkylation sites (tertiary alicyclic amines) is 1. The lowest BCUT2D eigenvalue weighted by atomic mass is 9.70. The largest absolute Gasteiger partial charge is 0.466 e. The summed E-state index contributed by atoms with van der Waals surface area (Å²) in [6.07, 6.45) is 1.81. The number of amides is 2. The topological polar surface area (TPSA) is 105 Å². The monoisotopic (exact) mass is 530 g/mol. The highest BCUT2D eigenvalue weighted by Gasteiger charge is 2.76. The summed E-state index contributed by atoms with van der Waals surface area (Å²) in [5, 5.41) is 12.4. The zero-order chi connectivity index (χ0) is 24.8. The van der Waals surface area contributed by atoms with Gasteiger partial charge in [0.2, 0.25) is 11.8 Å². The summed E-state index contributed by atoms with van der Waals surface area (Å²) in [6.45, 7) is 12.6. The zero-order valence-electron chi connectivity index (χ0n) is 20.7. The summed E-state index contributed by atoms with van der Waals surface area (Å²) < 4.78 is 11.7. The highest BCUT2D eigenvalue weighted by atomic mass is 79.9. The van der Waals surface area contributed by atoms with Crippen LogP contribution in [0.5, 0.6) is 0 Å². The lowest BCUT2D eigenvalue weighted by Gasteiger charge is -2.38. The van der Waals surface area contributed by atoms with E-state index in [0.29, 0.717) is 25.8 Å². The molecule has 1 unspecified atom stereocenters. The minimum Gasteiger partial charge on any atom is -0.466 e. The van der Waals surface area contributed by atoms with Gasteiger partial charge in [-0.3, -0.25) is 14.4 Å². The second kappa shape index (κ2) is 9.46. The quantitative estimate of drug-likeness (QED) is 0.269. The Labute approximate surface area is 205 Å². The molecule has 3 saturated heterocycles. The number of alkyl halides is 1. The molecular weight excluding hydrogens is 492 g/mol. The number of hydrogen-bond acceptors (Lipinski definition) is 6. The molecule has 1 spiro atoms. The second-order valence-corrected chi connectivity index (χ2v) is 12.7. The predicted molar refractivity (Wildman–Crippen MR) is 127 cm³/mol. The van der Waals surface area contributed by atoms with Crippen LogP contribution in [0.25, 0.3) is 0 Å². The molecule has 2 N–H and O–H groups in total. The summed E-state index contributed by atoms with van der Waals surface area (Å²) >= 11 is 3.64. The van der Waals surface area contributed by atoms with E-state index in [1.807, 2.05) is 13.8 Å². The van der Waals surface area contributed by atoms with Crippen molar-refractivity contribution in [3.8, 4) is 0 Å². The van der Waals surface area contributed by atoms with Crippen LogP contribution in [0.4, 0.5) is 0 Å². The average molecular weight is 531 g/mol. The molecule has 188 valence electrons. The van der Waals surface area contributed by atoms with Crippen LogP contribution in [0.3, 0.4) is 0 Å². The summed E-state index contributed by atoms with van der Waals surface area (Å²) in [5.74, 6) is -2.42. The van der Waals surface area contributed by atoms with Gasteiger partial charge < -0.3 is 24.8 Å². The van der Waals surface area contributed by atoms with Crippen molar-refractivity contribution >= 4 is 33.7 Å². The first-order chi connectivity index (χ1) is 15.3. The average Bonchev–Trinajstić information content (AvgIpc) is 3.23. The van der Waals surface area contributed by atoms with Crippen molar-refractivity contribution in [3.63, 3.8) is 0 Å². The zero-order valence-corrected chi connectivity index (χ0v) is 22.2. The fraction of sp³-hybridized carbons (Fsp3) is 0.875. The van der Waals surface area contributed by atoms with E-state index in [9.17, 15) is 19.5 Å². The number of nitrogens with one attached hydrogen (secondary N) is 1. The number of aliphatic hydroxyl groups excluding tert-OH is 1. The molecule has 0 saturated carbocycles. The van der Waals surface area contributed by atoms with Gasteiger partial charge >= 0.3 is 5.97 Å². The number of ether oxygens (including phenoxy) is 2. The number of unbranched alkanes of at least 4 members (excludes halogenated alkanes) is 1. The molecule has 0 aliphatic carbocycles. The number of carbonyl (C=O) groups is 3. The predicted octanol–water partition coefficient (Wildman–Crippen LogP) is 2.40. The summed E-state index contributed by atoms with van der Waals surface area (Å²) in [7, 11) is 0. The van der Waals surface area contributed by atoms with Gasteiger partial charge in [-0.15, -0.1) is 0 Å². The first kappa shape index (κ1) is 26.4. The van der Waals surface area contributed by atoms with E-state index in [0.717, 1.165) is 6.42 Å². The van der Waals surface area contributed by atoms with Gasteiger partial charge in [-0.25, -0.2) is 0 Å². The number of aliphatic hydroxyl groups is 1. The number of halogens is 1. The van der Waals surface area contributed by atoms with Gasteiger partial charge in [0.25, 0.3) is 0 Å². The number of rotatable bonds is 9. The molecule has 0 radical (unpaired) electrons. The Balaban J connectivity index is 1.96. The standard InChI is InChI=1S/C24H39BrN2O6/c1-7-32-21(31)15-16-20(30)27(10-8-9-11-28)18(24(16)12-14(25)17(15)33-24)19(29)26-23(5,6)13-22(2,3)4/h14-18,28H,7-13H2,1-6H3,(H,26,29)/t14?,15-,16+,17-,18-,24+/m1/s1. The molecule has 3 rings (SSSR count). The van der Waals surface area contributed by atoms with Crippen LogP contribution in [0.2, 0.25) is 0 Å². The summed E-state index contributed by atoms with van der Waals surface area (Å²) in [6, 6.07) is -0.836.